The van der Waals surface area contributed by atoms with E-state index in [0.29, 0.717) is 5.57 Å². The highest BCUT2D eigenvalue weighted by atomic mass is 32.2. The van der Waals surface area contributed by atoms with Crippen molar-refractivity contribution in [1.82, 2.24) is 0 Å². The Balaban J connectivity index is 2.23. The van der Waals surface area contributed by atoms with Crippen LogP contribution < -0.4 is 0 Å². The lowest BCUT2D eigenvalue weighted by atomic mass is 10.1. The summed E-state index contributed by atoms with van der Waals surface area (Å²) in [6, 6.07) is 13.9. The molecule has 2 aromatic carbocycles. The molecule has 0 aliphatic carbocycles. The lowest BCUT2D eigenvalue weighted by Crippen LogP contribution is -2.08. The van der Waals surface area contributed by atoms with Gasteiger partial charge in [-0.3, -0.25) is 0 Å². The van der Waals surface area contributed by atoms with Crippen molar-refractivity contribution in [2.45, 2.75) is 4.90 Å². The molecule has 4 heteroatoms. The Morgan fingerprint density at radius 1 is 1.00 bits per heavy atom. The summed E-state index contributed by atoms with van der Waals surface area (Å²) in [4.78, 5) is 0.103. The predicted molar refractivity (Wildman–Crippen MR) is 73.9 cm³/mol. The Bertz CT molecular complexity index is 674. The molecule has 0 spiro atoms. The Hall–Kier alpha value is -1.94. The van der Waals surface area contributed by atoms with Gasteiger partial charge in [0.05, 0.1) is 10.6 Å². The van der Waals surface area contributed by atoms with E-state index in [9.17, 15) is 12.8 Å². The summed E-state index contributed by atoms with van der Waals surface area (Å²) in [5.41, 5.74) is 1.30. The van der Waals surface area contributed by atoms with Gasteiger partial charge in [0.1, 0.15) is 5.82 Å². The second kappa shape index (κ2) is 5.36. The van der Waals surface area contributed by atoms with Crippen molar-refractivity contribution in [3.05, 3.63) is 72.6 Å². The van der Waals surface area contributed by atoms with Gasteiger partial charge in [-0.25, -0.2) is 12.8 Å². The molecular weight excluding hydrogens is 263 g/mol. The Kier molecular flexibility index (Phi) is 3.81. The number of hydrogen-bond donors (Lipinski definition) is 0. The lowest BCUT2D eigenvalue weighted by Gasteiger charge is -2.07. The zero-order chi connectivity index (χ0) is 13.9. The van der Waals surface area contributed by atoms with Gasteiger partial charge in [-0.1, -0.05) is 36.9 Å². The molecule has 0 heterocycles. The van der Waals surface area contributed by atoms with Gasteiger partial charge in [0.25, 0.3) is 0 Å². The second-order valence-electron chi connectivity index (χ2n) is 4.18. The minimum absolute atomic E-state index is 0.103. The van der Waals surface area contributed by atoms with Crippen LogP contribution in [0.2, 0.25) is 0 Å². The van der Waals surface area contributed by atoms with E-state index in [1.807, 2.05) is 30.3 Å². The first-order valence-electron chi connectivity index (χ1n) is 5.70. The van der Waals surface area contributed by atoms with Crippen molar-refractivity contribution in [3.8, 4) is 0 Å². The third-order valence-corrected chi connectivity index (χ3v) is 4.44. The molecular formula is C15H13FO2S. The van der Waals surface area contributed by atoms with Crippen LogP contribution in [0.5, 0.6) is 0 Å². The lowest BCUT2D eigenvalue weighted by molar-refractivity contribution is 0.598. The van der Waals surface area contributed by atoms with E-state index < -0.39 is 15.7 Å². The molecule has 0 bridgehead atoms. The third-order valence-electron chi connectivity index (χ3n) is 2.72. The zero-order valence-corrected chi connectivity index (χ0v) is 11.0. The van der Waals surface area contributed by atoms with E-state index in [0.717, 1.165) is 17.7 Å². The molecule has 0 N–H and O–H groups in total. The van der Waals surface area contributed by atoms with Crippen LogP contribution in [0.1, 0.15) is 5.56 Å². The van der Waals surface area contributed by atoms with Crippen molar-refractivity contribution < 1.29 is 12.8 Å². The molecule has 0 saturated carbocycles. The number of sulfone groups is 1. The number of benzene rings is 2. The molecule has 0 saturated heterocycles. The van der Waals surface area contributed by atoms with Crippen LogP contribution in [0.3, 0.4) is 0 Å². The van der Waals surface area contributed by atoms with Crippen molar-refractivity contribution >= 4 is 15.4 Å². The van der Waals surface area contributed by atoms with Crippen LogP contribution in [0.4, 0.5) is 4.39 Å². The summed E-state index contributed by atoms with van der Waals surface area (Å²) in [6.45, 7) is 3.80. The monoisotopic (exact) mass is 276 g/mol. The molecule has 2 aromatic rings. The number of hydrogen-bond acceptors (Lipinski definition) is 2. The summed E-state index contributed by atoms with van der Waals surface area (Å²) >= 11 is 0. The summed E-state index contributed by atoms with van der Waals surface area (Å²) < 4.78 is 37.1. The van der Waals surface area contributed by atoms with E-state index >= 15 is 0 Å². The van der Waals surface area contributed by atoms with E-state index in [4.69, 9.17) is 0 Å². The van der Waals surface area contributed by atoms with E-state index in [1.54, 1.807) is 0 Å². The molecule has 0 unspecified atom stereocenters. The first-order chi connectivity index (χ1) is 8.99. The highest BCUT2D eigenvalue weighted by Gasteiger charge is 2.16. The molecule has 0 atom stereocenters. The second-order valence-corrected chi connectivity index (χ2v) is 6.17. The van der Waals surface area contributed by atoms with Crippen LogP contribution in [0.25, 0.3) is 5.57 Å². The van der Waals surface area contributed by atoms with E-state index in [1.165, 1.54) is 12.1 Å². The van der Waals surface area contributed by atoms with Gasteiger partial charge in [-0.2, -0.15) is 0 Å². The minimum Gasteiger partial charge on any atom is -0.223 e. The maximum atomic E-state index is 12.8. The maximum Gasteiger partial charge on any atom is 0.182 e. The number of rotatable bonds is 4. The summed E-state index contributed by atoms with van der Waals surface area (Å²) in [5, 5.41) is 0. The summed E-state index contributed by atoms with van der Waals surface area (Å²) in [5.74, 6) is -0.635. The van der Waals surface area contributed by atoms with Crippen molar-refractivity contribution in [1.29, 1.82) is 0 Å². The van der Waals surface area contributed by atoms with Crippen LogP contribution >= 0.6 is 0 Å². The highest BCUT2D eigenvalue weighted by molar-refractivity contribution is 7.91. The highest BCUT2D eigenvalue weighted by Crippen LogP contribution is 2.19. The Labute approximate surface area is 112 Å². The van der Waals surface area contributed by atoms with Crippen LogP contribution in [0, 0.1) is 5.82 Å². The van der Waals surface area contributed by atoms with Crippen molar-refractivity contribution in [2.75, 3.05) is 5.75 Å². The van der Waals surface area contributed by atoms with Crippen molar-refractivity contribution in [2.24, 2.45) is 0 Å². The van der Waals surface area contributed by atoms with Crippen LogP contribution in [0.15, 0.2) is 66.1 Å². The molecule has 0 radical (unpaired) electrons. The number of halogens is 1. The van der Waals surface area contributed by atoms with Crippen LogP contribution in [-0.4, -0.2) is 14.2 Å². The van der Waals surface area contributed by atoms with Gasteiger partial charge in [0.2, 0.25) is 0 Å². The third kappa shape index (κ3) is 3.29. The SMILES string of the molecule is C=C(CS(=O)(=O)c1ccc(F)cc1)c1ccccc1. The maximum absolute atomic E-state index is 12.8. The average Bonchev–Trinajstić information content (AvgIpc) is 2.40. The molecule has 98 valence electrons. The smallest absolute Gasteiger partial charge is 0.182 e. The topological polar surface area (TPSA) is 34.1 Å². The fourth-order valence-electron chi connectivity index (χ4n) is 1.71. The fraction of sp³-hybridized carbons (Fsp3) is 0.0667. The molecule has 19 heavy (non-hydrogen) atoms. The minimum atomic E-state index is -3.49. The molecule has 0 amide bonds. The van der Waals surface area contributed by atoms with Gasteiger partial charge in [0, 0.05) is 0 Å². The van der Waals surface area contributed by atoms with Gasteiger partial charge < -0.3 is 0 Å². The molecule has 0 aliphatic rings. The van der Waals surface area contributed by atoms with Gasteiger partial charge in [-0.15, -0.1) is 0 Å². The summed E-state index contributed by atoms with van der Waals surface area (Å²) in [6.07, 6.45) is 0. The Morgan fingerprint density at radius 2 is 1.58 bits per heavy atom. The summed E-state index contributed by atoms with van der Waals surface area (Å²) in [7, 11) is -3.49. The van der Waals surface area contributed by atoms with Gasteiger partial charge in [-0.05, 0) is 35.4 Å². The molecule has 0 aliphatic heterocycles. The normalized spacial score (nSPS) is 11.2. The van der Waals surface area contributed by atoms with Crippen LogP contribution in [-0.2, 0) is 9.84 Å². The van der Waals surface area contributed by atoms with Gasteiger partial charge >= 0.3 is 0 Å². The standard InChI is InChI=1S/C15H13FO2S/c1-12(13-5-3-2-4-6-13)11-19(17,18)15-9-7-14(16)8-10-15/h2-10H,1,11H2. The average molecular weight is 276 g/mol. The molecule has 2 rings (SSSR count). The first-order valence-corrected chi connectivity index (χ1v) is 7.36. The molecule has 0 fully saturated rings. The van der Waals surface area contributed by atoms with Gasteiger partial charge in [0.15, 0.2) is 9.84 Å². The van der Waals surface area contributed by atoms with Crippen molar-refractivity contribution in [3.63, 3.8) is 0 Å². The predicted octanol–water partition coefficient (Wildman–Crippen LogP) is 3.31. The molecule has 2 nitrogen and oxygen atoms in total. The van der Waals surface area contributed by atoms with E-state index in [2.05, 4.69) is 6.58 Å². The fourth-order valence-corrected chi connectivity index (χ4v) is 3.05. The quantitative estimate of drug-likeness (QED) is 0.803. The molecule has 0 aromatic heterocycles. The largest absolute Gasteiger partial charge is 0.223 e. The first kappa shape index (κ1) is 13.5. The zero-order valence-electron chi connectivity index (χ0n) is 10.2. The van der Waals surface area contributed by atoms with E-state index in [-0.39, 0.29) is 10.6 Å². The Morgan fingerprint density at radius 3 is 2.16 bits per heavy atom.